The number of methoxy groups -OCH3 is 1. The molecule has 2 N–H and O–H groups in total. The Balaban J connectivity index is 2.02. The Bertz CT molecular complexity index is 353. The molecule has 1 aliphatic rings. The highest BCUT2D eigenvalue weighted by atomic mass is 16.5. The number of benzene rings is 1. The smallest absolute Gasteiger partial charge is 0.123 e. The molecule has 2 rings (SSSR count). The van der Waals surface area contributed by atoms with E-state index in [2.05, 4.69) is 11.0 Å². The van der Waals surface area contributed by atoms with E-state index in [1.54, 1.807) is 7.11 Å². The number of nitrogens with two attached hydrogens (primary N) is 1. The normalized spacial score (nSPS) is 18.0. The number of hydrogen-bond donors (Lipinski definition) is 1. The van der Waals surface area contributed by atoms with Crippen molar-refractivity contribution in [3.05, 3.63) is 29.8 Å². The van der Waals surface area contributed by atoms with Gasteiger partial charge in [-0.1, -0.05) is 18.2 Å². The molecule has 17 heavy (non-hydrogen) atoms. The van der Waals surface area contributed by atoms with Crippen molar-refractivity contribution in [2.24, 2.45) is 5.73 Å². The first-order chi connectivity index (χ1) is 8.33. The second-order valence-electron chi connectivity index (χ2n) is 4.28. The van der Waals surface area contributed by atoms with E-state index in [-0.39, 0.29) is 6.10 Å². The van der Waals surface area contributed by atoms with E-state index in [4.69, 9.17) is 15.2 Å². The summed E-state index contributed by atoms with van der Waals surface area (Å²) in [6, 6.07) is 8.18. The molecular formula is C13H20N2O2. The third kappa shape index (κ3) is 3.19. The van der Waals surface area contributed by atoms with E-state index in [0.717, 1.165) is 32.0 Å². The second kappa shape index (κ2) is 6.00. The van der Waals surface area contributed by atoms with Gasteiger partial charge >= 0.3 is 0 Å². The number of hydrogen-bond acceptors (Lipinski definition) is 4. The fraction of sp³-hybridized carbons (Fsp3) is 0.538. The molecule has 1 unspecified atom stereocenters. The molecule has 4 heteroatoms. The average Bonchev–Trinajstić information content (AvgIpc) is 2.57. The Labute approximate surface area is 102 Å². The van der Waals surface area contributed by atoms with Crippen LogP contribution >= 0.6 is 0 Å². The van der Waals surface area contributed by atoms with Crippen molar-refractivity contribution in [2.45, 2.75) is 12.6 Å². The molecule has 1 heterocycles. The first-order valence-corrected chi connectivity index (χ1v) is 5.99. The summed E-state index contributed by atoms with van der Waals surface area (Å²) >= 11 is 0. The molecule has 1 aromatic carbocycles. The van der Waals surface area contributed by atoms with Gasteiger partial charge in [0.05, 0.1) is 6.10 Å². The van der Waals surface area contributed by atoms with Gasteiger partial charge in [-0.3, -0.25) is 4.90 Å². The van der Waals surface area contributed by atoms with Gasteiger partial charge in [-0.2, -0.15) is 0 Å². The fourth-order valence-electron chi connectivity index (χ4n) is 2.07. The fourth-order valence-corrected chi connectivity index (χ4v) is 2.07. The Hall–Kier alpha value is -1.10. The second-order valence-corrected chi connectivity index (χ2v) is 4.28. The molecule has 1 atom stereocenters. The van der Waals surface area contributed by atoms with Gasteiger partial charge in [0.1, 0.15) is 12.4 Å². The Morgan fingerprint density at radius 1 is 1.47 bits per heavy atom. The number of rotatable bonds is 4. The molecule has 0 saturated carbocycles. The van der Waals surface area contributed by atoms with Crippen LogP contribution in [0.4, 0.5) is 0 Å². The highest BCUT2D eigenvalue weighted by molar-refractivity contribution is 5.33. The van der Waals surface area contributed by atoms with Crippen LogP contribution in [-0.2, 0) is 11.3 Å². The van der Waals surface area contributed by atoms with E-state index in [1.165, 1.54) is 5.56 Å². The summed E-state index contributed by atoms with van der Waals surface area (Å²) in [5.74, 6) is 0.997. The van der Waals surface area contributed by atoms with Gasteiger partial charge < -0.3 is 15.2 Å². The summed E-state index contributed by atoms with van der Waals surface area (Å²) in [5.41, 5.74) is 6.88. The third-order valence-electron chi connectivity index (χ3n) is 3.09. The Morgan fingerprint density at radius 3 is 3.06 bits per heavy atom. The molecule has 0 amide bonds. The SMILES string of the molecule is COC(CN)CN1CCOc2ccccc2C1. The zero-order valence-corrected chi connectivity index (χ0v) is 10.3. The largest absolute Gasteiger partial charge is 0.492 e. The molecule has 0 saturated heterocycles. The monoisotopic (exact) mass is 236 g/mol. The van der Waals surface area contributed by atoms with Gasteiger partial charge in [-0.05, 0) is 6.07 Å². The maximum absolute atomic E-state index is 5.71. The molecule has 0 spiro atoms. The number of ether oxygens (including phenoxy) is 2. The van der Waals surface area contributed by atoms with Gasteiger partial charge in [0, 0.05) is 38.9 Å². The van der Waals surface area contributed by atoms with Crippen molar-refractivity contribution < 1.29 is 9.47 Å². The lowest BCUT2D eigenvalue weighted by molar-refractivity contribution is 0.0654. The van der Waals surface area contributed by atoms with Crippen LogP contribution in [-0.4, -0.2) is 44.4 Å². The summed E-state index contributed by atoms with van der Waals surface area (Å²) in [6.45, 7) is 3.93. The molecule has 4 nitrogen and oxygen atoms in total. The molecule has 0 aromatic heterocycles. The van der Waals surface area contributed by atoms with Gasteiger partial charge in [0.2, 0.25) is 0 Å². The Morgan fingerprint density at radius 2 is 2.29 bits per heavy atom. The maximum Gasteiger partial charge on any atom is 0.123 e. The van der Waals surface area contributed by atoms with Crippen LogP contribution in [0.2, 0.25) is 0 Å². The third-order valence-corrected chi connectivity index (χ3v) is 3.09. The van der Waals surface area contributed by atoms with Crippen LogP contribution in [0.5, 0.6) is 5.75 Å². The summed E-state index contributed by atoms with van der Waals surface area (Å²) < 4.78 is 11.0. The summed E-state index contributed by atoms with van der Waals surface area (Å²) in [5, 5.41) is 0. The number of nitrogens with zero attached hydrogens (tertiary/aromatic N) is 1. The molecular weight excluding hydrogens is 216 g/mol. The highest BCUT2D eigenvalue weighted by Crippen LogP contribution is 2.22. The topological polar surface area (TPSA) is 47.7 Å². The van der Waals surface area contributed by atoms with Crippen molar-refractivity contribution in [3.63, 3.8) is 0 Å². The van der Waals surface area contributed by atoms with E-state index < -0.39 is 0 Å². The van der Waals surface area contributed by atoms with E-state index in [1.807, 2.05) is 18.2 Å². The predicted molar refractivity (Wildman–Crippen MR) is 67.1 cm³/mol. The summed E-state index contributed by atoms with van der Waals surface area (Å²) in [7, 11) is 1.71. The van der Waals surface area contributed by atoms with Crippen molar-refractivity contribution in [1.82, 2.24) is 4.90 Å². The standard InChI is InChI=1S/C13H20N2O2/c1-16-12(8-14)10-15-6-7-17-13-5-3-2-4-11(13)9-15/h2-5,12H,6-10,14H2,1H3. The van der Waals surface area contributed by atoms with E-state index in [0.29, 0.717) is 6.54 Å². The lowest BCUT2D eigenvalue weighted by Crippen LogP contribution is -2.38. The minimum Gasteiger partial charge on any atom is -0.492 e. The van der Waals surface area contributed by atoms with E-state index in [9.17, 15) is 0 Å². The molecule has 0 radical (unpaired) electrons. The van der Waals surface area contributed by atoms with Crippen molar-refractivity contribution in [2.75, 3.05) is 33.4 Å². The number of para-hydroxylation sites is 1. The quantitative estimate of drug-likeness (QED) is 0.842. The van der Waals surface area contributed by atoms with Crippen molar-refractivity contribution in [1.29, 1.82) is 0 Å². The lowest BCUT2D eigenvalue weighted by atomic mass is 10.2. The predicted octanol–water partition coefficient (Wildman–Crippen LogP) is 0.855. The molecule has 94 valence electrons. The molecule has 1 aromatic rings. The van der Waals surface area contributed by atoms with E-state index >= 15 is 0 Å². The van der Waals surface area contributed by atoms with Crippen molar-refractivity contribution in [3.8, 4) is 5.75 Å². The average molecular weight is 236 g/mol. The zero-order chi connectivity index (χ0) is 12.1. The van der Waals surface area contributed by atoms with Gasteiger partial charge in [0.15, 0.2) is 0 Å². The minimum atomic E-state index is 0.0975. The van der Waals surface area contributed by atoms with Crippen LogP contribution in [0, 0.1) is 0 Å². The molecule has 0 fully saturated rings. The zero-order valence-electron chi connectivity index (χ0n) is 10.3. The first-order valence-electron chi connectivity index (χ1n) is 5.99. The molecule has 0 bridgehead atoms. The van der Waals surface area contributed by atoms with Crippen LogP contribution < -0.4 is 10.5 Å². The van der Waals surface area contributed by atoms with Crippen LogP contribution in [0.1, 0.15) is 5.56 Å². The number of fused-ring (bicyclic) bond motifs is 1. The van der Waals surface area contributed by atoms with Crippen molar-refractivity contribution >= 4 is 0 Å². The highest BCUT2D eigenvalue weighted by Gasteiger charge is 2.17. The van der Waals surface area contributed by atoms with Gasteiger partial charge in [-0.15, -0.1) is 0 Å². The first kappa shape index (κ1) is 12.4. The van der Waals surface area contributed by atoms with Crippen LogP contribution in [0.25, 0.3) is 0 Å². The minimum absolute atomic E-state index is 0.0975. The maximum atomic E-state index is 5.71. The van der Waals surface area contributed by atoms with Crippen LogP contribution in [0.15, 0.2) is 24.3 Å². The lowest BCUT2D eigenvalue weighted by Gasteiger charge is -2.24. The summed E-state index contributed by atoms with van der Waals surface area (Å²) in [4.78, 5) is 2.33. The summed E-state index contributed by atoms with van der Waals surface area (Å²) in [6.07, 6.45) is 0.0975. The van der Waals surface area contributed by atoms with Gasteiger partial charge in [0.25, 0.3) is 0 Å². The van der Waals surface area contributed by atoms with Gasteiger partial charge in [-0.25, -0.2) is 0 Å². The Kier molecular flexibility index (Phi) is 4.36. The molecule has 1 aliphatic heterocycles. The molecule has 0 aliphatic carbocycles. The van der Waals surface area contributed by atoms with Crippen LogP contribution in [0.3, 0.4) is 0 Å².